The first-order valence-electron chi connectivity index (χ1n) is 5.65. The number of hydrogen-bond donors (Lipinski definition) is 1. The summed E-state index contributed by atoms with van der Waals surface area (Å²) in [5, 5.41) is 3.32. The lowest BCUT2D eigenvalue weighted by atomic mass is 10.1. The van der Waals surface area contributed by atoms with Crippen molar-refractivity contribution < 1.29 is 0 Å². The molecular weight excluding hydrogens is 259 g/mol. The van der Waals surface area contributed by atoms with Gasteiger partial charge in [0.15, 0.2) is 0 Å². The normalized spacial score (nSPS) is 13.1. The number of nitrogens with zero attached hydrogens (tertiary/aromatic N) is 3. The van der Waals surface area contributed by atoms with Gasteiger partial charge in [-0.05, 0) is 13.8 Å². The van der Waals surface area contributed by atoms with Crippen LogP contribution in [0.3, 0.4) is 0 Å². The maximum absolute atomic E-state index is 4.63. The average Bonchev–Trinajstić information content (AvgIpc) is 2.30. The lowest BCUT2D eigenvalue weighted by Crippen LogP contribution is -2.28. The summed E-state index contributed by atoms with van der Waals surface area (Å²) in [6.07, 6.45) is 2.98. The molecule has 0 saturated carbocycles. The van der Waals surface area contributed by atoms with Gasteiger partial charge in [0.1, 0.15) is 0 Å². The first kappa shape index (κ1) is 16.4. The van der Waals surface area contributed by atoms with Gasteiger partial charge in [0.05, 0.1) is 5.69 Å². The summed E-state index contributed by atoms with van der Waals surface area (Å²) in [5.41, 5.74) is 2.46. The van der Waals surface area contributed by atoms with Crippen LogP contribution in [0.15, 0.2) is 6.20 Å². The van der Waals surface area contributed by atoms with Gasteiger partial charge in [-0.1, -0.05) is 0 Å². The van der Waals surface area contributed by atoms with Gasteiger partial charge in [-0.3, -0.25) is 0 Å². The van der Waals surface area contributed by atoms with Crippen molar-refractivity contribution in [2.24, 2.45) is 0 Å². The van der Waals surface area contributed by atoms with Crippen LogP contribution in [0.2, 0.25) is 0 Å². The second kappa shape index (κ2) is 7.69. The predicted octanol–water partition coefficient (Wildman–Crippen LogP) is 1.81. The Kier molecular flexibility index (Phi) is 7.43. The Balaban J connectivity index is 0.00000128. The van der Waals surface area contributed by atoms with Crippen molar-refractivity contribution in [2.45, 2.75) is 26.8 Å². The Morgan fingerprint density at radius 1 is 1.29 bits per heavy atom. The number of anilines is 1. The van der Waals surface area contributed by atoms with E-state index in [1.807, 2.05) is 6.20 Å². The molecule has 1 aromatic heterocycles. The Labute approximate surface area is 115 Å². The summed E-state index contributed by atoms with van der Waals surface area (Å²) in [5.74, 6) is 0.876. The number of hydrogen-bond acceptors (Lipinski definition) is 4. The fourth-order valence-electron chi connectivity index (χ4n) is 1.88. The van der Waals surface area contributed by atoms with Gasteiger partial charge in [0.2, 0.25) is 5.95 Å². The largest absolute Gasteiger partial charge is 0.341 e. The predicted molar refractivity (Wildman–Crippen MR) is 75.5 cm³/mol. The molecule has 0 atom stereocenters. The molecule has 1 aliphatic heterocycles. The van der Waals surface area contributed by atoms with Gasteiger partial charge in [-0.15, -0.1) is 24.8 Å². The first-order chi connectivity index (χ1) is 7.35. The molecule has 0 fully saturated rings. The molecular formula is C11H20Cl2N4. The van der Waals surface area contributed by atoms with Crippen molar-refractivity contribution in [3.05, 3.63) is 17.5 Å². The maximum Gasteiger partial charge on any atom is 0.225 e. The fourth-order valence-corrected chi connectivity index (χ4v) is 1.88. The quantitative estimate of drug-likeness (QED) is 0.916. The Bertz CT molecular complexity index is 342. The number of aromatic nitrogens is 2. The van der Waals surface area contributed by atoms with Crippen LogP contribution in [0.1, 0.15) is 25.1 Å². The highest BCUT2D eigenvalue weighted by Crippen LogP contribution is 2.14. The number of fused-ring (bicyclic) bond motifs is 1. The molecule has 17 heavy (non-hydrogen) atoms. The van der Waals surface area contributed by atoms with E-state index in [1.165, 1.54) is 11.3 Å². The smallest absolute Gasteiger partial charge is 0.225 e. The zero-order chi connectivity index (χ0) is 10.7. The maximum atomic E-state index is 4.63. The van der Waals surface area contributed by atoms with E-state index in [-0.39, 0.29) is 24.8 Å². The molecule has 98 valence electrons. The summed E-state index contributed by atoms with van der Waals surface area (Å²) in [7, 11) is 0. The molecule has 0 bridgehead atoms. The number of nitrogens with one attached hydrogen (secondary N) is 1. The van der Waals surface area contributed by atoms with Crippen molar-refractivity contribution in [1.29, 1.82) is 0 Å². The number of rotatable bonds is 3. The second-order valence-corrected chi connectivity index (χ2v) is 3.74. The molecule has 2 heterocycles. The van der Waals surface area contributed by atoms with Crippen LogP contribution in [0.5, 0.6) is 0 Å². The monoisotopic (exact) mass is 278 g/mol. The molecule has 0 amide bonds. The minimum Gasteiger partial charge on any atom is -0.341 e. The van der Waals surface area contributed by atoms with Crippen LogP contribution in [-0.2, 0) is 13.0 Å². The van der Waals surface area contributed by atoms with Gasteiger partial charge in [-0.2, -0.15) is 0 Å². The third-order valence-corrected chi connectivity index (χ3v) is 2.84. The molecule has 1 N–H and O–H groups in total. The molecule has 4 nitrogen and oxygen atoms in total. The van der Waals surface area contributed by atoms with Crippen molar-refractivity contribution in [3.8, 4) is 0 Å². The lowest BCUT2D eigenvalue weighted by Gasteiger charge is -2.21. The van der Waals surface area contributed by atoms with Crippen molar-refractivity contribution in [1.82, 2.24) is 15.3 Å². The molecule has 0 unspecified atom stereocenters. The fraction of sp³-hybridized carbons (Fsp3) is 0.636. The van der Waals surface area contributed by atoms with Crippen molar-refractivity contribution in [2.75, 3.05) is 24.5 Å². The van der Waals surface area contributed by atoms with Gasteiger partial charge < -0.3 is 10.2 Å². The highest BCUT2D eigenvalue weighted by atomic mass is 35.5. The third-order valence-electron chi connectivity index (χ3n) is 2.84. The molecule has 6 heteroatoms. The lowest BCUT2D eigenvalue weighted by molar-refractivity contribution is 0.623. The number of halogens is 2. The van der Waals surface area contributed by atoms with E-state index < -0.39 is 0 Å². The summed E-state index contributed by atoms with van der Waals surface area (Å²) in [6.45, 7) is 8.14. The van der Waals surface area contributed by atoms with Crippen LogP contribution in [0, 0.1) is 0 Å². The van der Waals surface area contributed by atoms with Gasteiger partial charge >= 0.3 is 0 Å². The molecule has 1 aromatic rings. The van der Waals surface area contributed by atoms with E-state index in [4.69, 9.17) is 0 Å². The highest BCUT2D eigenvalue weighted by molar-refractivity contribution is 5.85. The molecule has 0 spiro atoms. The summed E-state index contributed by atoms with van der Waals surface area (Å²) >= 11 is 0. The molecule has 0 radical (unpaired) electrons. The van der Waals surface area contributed by atoms with E-state index >= 15 is 0 Å². The van der Waals surface area contributed by atoms with Gasteiger partial charge in [0.25, 0.3) is 0 Å². The van der Waals surface area contributed by atoms with E-state index in [9.17, 15) is 0 Å². The van der Waals surface area contributed by atoms with Crippen LogP contribution >= 0.6 is 24.8 Å². The topological polar surface area (TPSA) is 41.1 Å². The highest BCUT2D eigenvalue weighted by Gasteiger charge is 2.13. The Morgan fingerprint density at radius 3 is 2.65 bits per heavy atom. The molecule has 0 saturated heterocycles. The summed E-state index contributed by atoms with van der Waals surface area (Å²) in [4.78, 5) is 11.2. The summed E-state index contributed by atoms with van der Waals surface area (Å²) in [6, 6.07) is 0. The zero-order valence-corrected chi connectivity index (χ0v) is 11.9. The summed E-state index contributed by atoms with van der Waals surface area (Å²) < 4.78 is 0. The minimum atomic E-state index is 0. The van der Waals surface area contributed by atoms with E-state index in [1.54, 1.807) is 0 Å². The Hall–Kier alpha value is -0.580. The van der Waals surface area contributed by atoms with Crippen molar-refractivity contribution >= 4 is 30.8 Å². The molecule has 0 aliphatic carbocycles. The van der Waals surface area contributed by atoms with Crippen LogP contribution < -0.4 is 10.2 Å². The standard InChI is InChI=1S/C11H18N4.2ClH/c1-3-15(4-2)11-13-8-9-7-12-6-5-10(9)14-11;;/h8,12H,3-7H2,1-2H3;2*1H. The molecule has 1 aliphatic rings. The minimum absolute atomic E-state index is 0. The molecule has 2 rings (SSSR count). The first-order valence-corrected chi connectivity index (χ1v) is 5.65. The van der Waals surface area contributed by atoms with E-state index in [2.05, 4.69) is 34.0 Å². The third kappa shape index (κ3) is 3.69. The second-order valence-electron chi connectivity index (χ2n) is 3.74. The van der Waals surface area contributed by atoms with Crippen LogP contribution in [0.4, 0.5) is 5.95 Å². The average molecular weight is 279 g/mol. The SMILES string of the molecule is CCN(CC)c1ncc2c(n1)CCNC2.Cl.Cl. The van der Waals surface area contributed by atoms with Crippen molar-refractivity contribution in [3.63, 3.8) is 0 Å². The van der Waals surface area contributed by atoms with E-state index in [0.717, 1.165) is 38.5 Å². The van der Waals surface area contributed by atoms with Crippen LogP contribution in [0.25, 0.3) is 0 Å². The van der Waals surface area contributed by atoms with Gasteiger partial charge in [0, 0.05) is 44.4 Å². The van der Waals surface area contributed by atoms with E-state index in [0.29, 0.717) is 0 Å². The van der Waals surface area contributed by atoms with Crippen LogP contribution in [-0.4, -0.2) is 29.6 Å². The van der Waals surface area contributed by atoms with Gasteiger partial charge in [-0.25, -0.2) is 9.97 Å². The Morgan fingerprint density at radius 2 is 2.00 bits per heavy atom. The zero-order valence-electron chi connectivity index (χ0n) is 10.3. The molecule has 0 aromatic carbocycles.